The molecule has 0 bridgehead atoms. The van der Waals surface area contributed by atoms with Gasteiger partial charge in [0.15, 0.2) is 0 Å². The second-order valence-corrected chi connectivity index (χ2v) is 16.0. The number of carbonyl (C=O) groups excluding carboxylic acids is 9. The molecule has 0 radical (unpaired) electrons. The van der Waals surface area contributed by atoms with Crippen molar-refractivity contribution in [1.29, 1.82) is 0 Å². The van der Waals surface area contributed by atoms with Gasteiger partial charge in [-0.05, 0) is 55.6 Å². The lowest BCUT2D eigenvalue weighted by molar-refractivity contribution is -0.144. The minimum atomic E-state index is -1.26. The minimum absolute atomic E-state index is 0.0525. The van der Waals surface area contributed by atoms with Gasteiger partial charge < -0.3 is 35.8 Å². The summed E-state index contributed by atoms with van der Waals surface area (Å²) in [6, 6.07) is 4.15. The molecule has 2 aliphatic heterocycles. The maximum absolute atomic E-state index is 14.5. The number of fused-ring (bicyclic) bond motifs is 1. The van der Waals surface area contributed by atoms with E-state index in [0.717, 1.165) is 11.1 Å². The molecule has 58 heavy (non-hydrogen) atoms. The Labute approximate surface area is 341 Å². The SMILES string of the molecule is CCCC(NC(=O)C1C[C@@H](OC(=O)N2CCc3ccccc3C2)CN1C(=O)[C@@H](NC(=O)[C@@H](CC(=O)CCCCC(=O)NC)C(C)C)C(C)C)C(=O)C(=O)NCC(C)=O. The van der Waals surface area contributed by atoms with E-state index in [1.165, 1.54) is 11.8 Å². The van der Waals surface area contributed by atoms with Gasteiger partial charge in [-0.2, -0.15) is 0 Å². The first kappa shape index (κ1) is 47.2. The van der Waals surface area contributed by atoms with Gasteiger partial charge >= 0.3 is 6.09 Å². The zero-order valence-corrected chi connectivity index (χ0v) is 35.0. The highest BCUT2D eigenvalue weighted by atomic mass is 16.6. The van der Waals surface area contributed by atoms with Crippen LogP contribution in [-0.2, 0) is 56.1 Å². The van der Waals surface area contributed by atoms with E-state index in [0.29, 0.717) is 45.2 Å². The fourth-order valence-corrected chi connectivity index (χ4v) is 7.18. The second kappa shape index (κ2) is 22.7. The number of nitrogens with one attached hydrogen (secondary N) is 4. The summed E-state index contributed by atoms with van der Waals surface area (Å²) < 4.78 is 5.92. The van der Waals surface area contributed by atoms with Gasteiger partial charge in [-0.25, -0.2) is 4.79 Å². The molecule has 0 spiro atoms. The number of unbranched alkanes of at least 4 members (excludes halogenated alkanes) is 1. The molecule has 1 aromatic carbocycles. The van der Waals surface area contributed by atoms with Crippen molar-refractivity contribution in [3.63, 3.8) is 0 Å². The molecule has 5 atom stereocenters. The molecular weight excluding hydrogens is 748 g/mol. The molecule has 3 rings (SSSR count). The standard InChI is InChI=1S/C42H62N6O10/c1-8-13-33(37(52)40(55)44-22-27(6)49)45-39(54)34-21-31(58-42(57)47-19-18-28-14-9-10-15-29(28)23-47)24-48(34)41(56)36(26(4)5)46-38(53)32(25(2)3)20-30(50)16-11-12-17-35(51)43-7/h9-10,14-15,25-26,31-34,36H,8,11-13,16-24H2,1-7H3,(H,43,51)(H,44,55)(H,45,54)(H,46,53)/t31-,32+,33?,34?,36+/m1/s1. The Bertz CT molecular complexity index is 1680. The summed E-state index contributed by atoms with van der Waals surface area (Å²) in [6.45, 7) is 10.3. The number of amides is 6. The van der Waals surface area contributed by atoms with Gasteiger partial charge in [-0.15, -0.1) is 0 Å². The molecular formula is C42H62N6O10. The quantitative estimate of drug-likeness (QED) is 0.105. The van der Waals surface area contributed by atoms with Crippen LogP contribution in [0, 0.1) is 17.8 Å². The van der Waals surface area contributed by atoms with Crippen LogP contribution in [-0.4, -0.2) is 114 Å². The number of hydrogen-bond acceptors (Lipinski definition) is 10. The molecule has 0 aliphatic carbocycles. The van der Waals surface area contributed by atoms with E-state index in [-0.39, 0.29) is 62.2 Å². The molecule has 320 valence electrons. The van der Waals surface area contributed by atoms with E-state index in [9.17, 15) is 43.2 Å². The van der Waals surface area contributed by atoms with Gasteiger partial charge in [0.1, 0.15) is 29.8 Å². The Morgan fingerprint density at radius 3 is 2.19 bits per heavy atom. The summed E-state index contributed by atoms with van der Waals surface area (Å²) in [5.41, 5.74) is 2.12. The van der Waals surface area contributed by atoms with Gasteiger partial charge in [-0.1, -0.05) is 65.3 Å². The third kappa shape index (κ3) is 13.8. The molecule has 1 fully saturated rings. The van der Waals surface area contributed by atoms with Gasteiger partial charge in [0, 0.05) is 51.7 Å². The zero-order chi connectivity index (χ0) is 43.1. The van der Waals surface area contributed by atoms with E-state index >= 15 is 0 Å². The molecule has 0 saturated carbocycles. The first-order chi connectivity index (χ1) is 27.5. The monoisotopic (exact) mass is 810 g/mol. The largest absolute Gasteiger partial charge is 0.444 e. The number of rotatable bonds is 21. The number of Topliss-reactive ketones (excluding diaryl/α,β-unsaturated/α-hetero) is 3. The Kier molecular flexibility index (Phi) is 18.5. The van der Waals surface area contributed by atoms with Crippen molar-refractivity contribution in [3.8, 4) is 0 Å². The molecule has 2 unspecified atom stereocenters. The highest BCUT2D eigenvalue weighted by molar-refractivity contribution is 6.38. The van der Waals surface area contributed by atoms with Crippen molar-refractivity contribution in [2.75, 3.05) is 26.7 Å². The van der Waals surface area contributed by atoms with Crippen molar-refractivity contribution in [1.82, 2.24) is 31.1 Å². The van der Waals surface area contributed by atoms with E-state index in [2.05, 4.69) is 21.3 Å². The number of carbonyl (C=O) groups is 9. The normalized spacial score (nSPS) is 17.7. The van der Waals surface area contributed by atoms with Gasteiger partial charge in [0.2, 0.25) is 29.4 Å². The lowest BCUT2D eigenvalue weighted by atomic mass is 9.88. The molecule has 1 saturated heterocycles. The van der Waals surface area contributed by atoms with Crippen LogP contribution in [0.5, 0.6) is 0 Å². The number of ketones is 3. The van der Waals surface area contributed by atoms with E-state index < -0.39 is 71.6 Å². The van der Waals surface area contributed by atoms with Crippen LogP contribution in [0.3, 0.4) is 0 Å². The number of nitrogens with zero attached hydrogens (tertiary/aromatic N) is 2. The average Bonchev–Trinajstić information content (AvgIpc) is 3.62. The Morgan fingerprint density at radius 2 is 1.57 bits per heavy atom. The van der Waals surface area contributed by atoms with Crippen LogP contribution < -0.4 is 21.3 Å². The Balaban J connectivity index is 1.83. The first-order valence-corrected chi connectivity index (χ1v) is 20.4. The smallest absolute Gasteiger partial charge is 0.410 e. The maximum Gasteiger partial charge on any atom is 0.410 e. The molecule has 16 heteroatoms. The third-order valence-electron chi connectivity index (χ3n) is 10.6. The fraction of sp³-hybridized carbons (Fsp3) is 0.643. The first-order valence-electron chi connectivity index (χ1n) is 20.4. The molecule has 16 nitrogen and oxygen atoms in total. The molecule has 2 heterocycles. The fourth-order valence-electron chi connectivity index (χ4n) is 7.18. The van der Waals surface area contributed by atoms with Crippen LogP contribution in [0.25, 0.3) is 0 Å². The van der Waals surface area contributed by atoms with Crippen LogP contribution in [0.2, 0.25) is 0 Å². The molecule has 6 amide bonds. The lowest BCUT2D eigenvalue weighted by Crippen LogP contribution is -2.58. The van der Waals surface area contributed by atoms with Crippen LogP contribution >= 0.6 is 0 Å². The maximum atomic E-state index is 14.5. The molecule has 0 aromatic heterocycles. The van der Waals surface area contributed by atoms with E-state index in [4.69, 9.17) is 4.74 Å². The van der Waals surface area contributed by atoms with Crippen LogP contribution in [0.4, 0.5) is 4.79 Å². The number of likely N-dealkylation sites (tertiary alicyclic amines) is 1. The summed E-state index contributed by atoms with van der Waals surface area (Å²) in [4.78, 5) is 120. The van der Waals surface area contributed by atoms with Crippen molar-refractivity contribution >= 4 is 53.0 Å². The molecule has 2 aliphatic rings. The van der Waals surface area contributed by atoms with Crippen molar-refractivity contribution in [2.45, 2.75) is 130 Å². The zero-order valence-electron chi connectivity index (χ0n) is 35.0. The second-order valence-electron chi connectivity index (χ2n) is 16.0. The minimum Gasteiger partial charge on any atom is -0.444 e. The van der Waals surface area contributed by atoms with Crippen LogP contribution in [0.15, 0.2) is 24.3 Å². The highest BCUT2D eigenvalue weighted by Crippen LogP contribution is 2.27. The topological polar surface area (TPSA) is 217 Å². The lowest BCUT2D eigenvalue weighted by Gasteiger charge is -2.32. The summed E-state index contributed by atoms with van der Waals surface area (Å²) in [6.07, 6.45) is 0.978. The summed E-state index contributed by atoms with van der Waals surface area (Å²) >= 11 is 0. The van der Waals surface area contributed by atoms with E-state index in [1.54, 1.807) is 32.7 Å². The molecule has 4 N–H and O–H groups in total. The summed E-state index contributed by atoms with van der Waals surface area (Å²) in [7, 11) is 1.55. The predicted molar refractivity (Wildman–Crippen MR) is 214 cm³/mol. The van der Waals surface area contributed by atoms with E-state index in [1.807, 2.05) is 38.1 Å². The third-order valence-corrected chi connectivity index (χ3v) is 10.6. The van der Waals surface area contributed by atoms with Crippen molar-refractivity contribution in [3.05, 3.63) is 35.4 Å². The van der Waals surface area contributed by atoms with Crippen molar-refractivity contribution in [2.24, 2.45) is 17.8 Å². The summed E-state index contributed by atoms with van der Waals surface area (Å²) in [5, 5.41) is 10.3. The van der Waals surface area contributed by atoms with Gasteiger partial charge in [0.25, 0.3) is 5.91 Å². The van der Waals surface area contributed by atoms with Crippen molar-refractivity contribution < 1.29 is 47.9 Å². The number of benzene rings is 1. The average molecular weight is 811 g/mol. The van der Waals surface area contributed by atoms with Gasteiger partial charge in [-0.3, -0.25) is 38.4 Å². The van der Waals surface area contributed by atoms with Gasteiger partial charge in [0.05, 0.1) is 19.1 Å². The predicted octanol–water partition coefficient (Wildman–Crippen LogP) is 2.39. The highest BCUT2D eigenvalue weighted by Gasteiger charge is 2.46. The Hall–Kier alpha value is -5.15. The molecule has 1 aromatic rings. The summed E-state index contributed by atoms with van der Waals surface area (Å²) in [5.74, 6) is -5.94. The Morgan fingerprint density at radius 1 is 0.897 bits per heavy atom. The van der Waals surface area contributed by atoms with Crippen LogP contribution in [0.1, 0.15) is 104 Å². The number of hydrogen-bond donors (Lipinski definition) is 4. The number of ether oxygens (including phenoxy) is 1.